The minimum atomic E-state index is 0.662. The van der Waals surface area contributed by atoms with Crippen LogP contribution in [0, 0.1) is 6.92 Å². The van der Waals surface area contributed by atoms with Crippen LogP contribution < -0.4 is 15.8 Å². The Morgan fingerprint density at radius 3 is 2.75 bits per heavy atom. The molecule has 2 rings (SSSR count). The van der Waals surface area contributed by atoms with Crippen LogP contribution in [0.25, 0.3) is 0 Å². The Morgan fingerprint density at radius 2 is 2.00 bits per heavy atom. The summed E-state index contributed by atoms with van der Waals surface area (Å²) in [7, 11) is 0. The van der Waals surface area contributed by atoms with Crippen LogP contribution in [0.5, 0.6) is 5.75 Å². The SMILES string of the molecule is CCCOc1cc(Nc2cc(Br)ccc2C)ccc1N. The Hall–Kier alpha value is -1.68. The van der Waals surface area contributed by atoms with Gasteiger partial charge in [0, 0.05) is 21.9 Å². The largest absolute Gasteiger partial charge is 0.491 e. The first-order chi connectivity index (χ1) is 9.60. The molecule has 0 fully saturated rings. The Kier molecular flexibility index (Phi) is 4.90. The zero-order chi connectivity index (χ0) is 14.5. The number of rotatable bonds is 5. The summed E-state index contributed by atoms with van der Waals surface area (Å²) in [6.45, 7) is 4.81. The molecule has 0 aromatic heterocycles. The van der Waals surface area contributed by atoms with Gasteiger partial charge in [-0.25, -0.2) is 0 Å². The second kappa shape index (κ2) is 6.66. The van der Waals surface area contributed by atoms with Crippen LogP contribution in [0.4, 0.5) is 17.1 Å². The van der Waals surface area contributed by atoms with Gasteiger partial charge in [-0.15, -0.1) is 0 Å². The lowest BCUT2D eigenvalue weighted by Gasteiger charge is -2.13. The molecule has 20 heavy (non-hydrogen) atoms. The highest BCUT2D eigenvalue weighted by atomic mass is 79.9. The highest BCUT2D eigenvalue weighted by Crippen LogP contribution is 2.29. The molecule has 106 valence electrons. The monoisotopic (exact) mass is 334 g/mol. The van der Waals surface area contributed by atoms with Gasteiger partial charge in [0.25, 0.3) is 0 Å². The minimum absolute atomic E-state index is 0.662. The van der Waals surface area contributed by atoms with Crippen molar-refractivity contribution in [3.05, 3.63) is 46.4 Å². The van der Waals surface area contributed by atoms with Gasteiger partial charge in [-0.2, -0.15) is 0 Å². The highest BCUT2D eigenvalue weighted by molar-refractivity contribution is 9.10. The first kappa shape index (κ1) is 14.7. The van der Waals surface area contributed by atoms with E-state index in [4.69, 9.17) is 10.5 Å². The van der Waals surface area contributed by atoms with Crippen LogP contribution in [0.1, 0.15) is 18.9 Å². The van der Waals surface area contributed by atoms with Gasteiger partial charge in [0.1, 0.15) is 5.75 Å². The van der Waals surface area contributed by atoms with E-state index in [0.717, 1.165) is 28.0 Å². The Labute approximate surface area is 128 Å². The normalized spacial score (nSPS) is 10.3. The maximum Gasteiger partial charge on any atom is 0.144 e. The van der Waals surface area contributed by atoms with Crippen molar-refractivity contribution in [3.8, 4) is 5.75 Å². The molecule has 2 aromatic rings. The van der Waals surface area contributed by atoms with Crippen molar-refractivity contribution in [2.24, 2.45) is 0 Å². The smallest absolute Gasteiger partial charge is 0.144 e. The van der Waals surface area contributed by atoms with Gasteiger partial charge in [0.15, 0.2) is 0 Å². The van der Waals surface area contributed by atoms with Gasteiger partial charge in [-0.3, -0.25) is 0 Å². The highest BCUT2D eigenvalue weighted by Gasteiger charge is 2.04. The van der Waals surface area contributed by atoms with Crippen LogP contribution in [-0.2, 0) is 0 Å². The molecule has 3 nitrogen and oxygen atoms in total. The molecule has 0 heterocycles. The van der Waals surface area contributed by atoms with E-state index >= 15 is 0 Å². The number of halogens is 1. The van der Waals surface area contributed by atoms with Crippen LogP contribution >= 0.6 is 15.9 Å². The maximum absolute atomic E-state index is 5.92. The van der Waals surface area contributed by atoms with Crippen molar-refractivity contribution in [3.63, 3.8) is 0 Å². The van der Waals surface area contributed by atoms with Gasteiger partial charge in [0.2, 0.25) is 0 Å². The lowest BCUT2D eigenvalue weighted by molar-refractivity contribution is 0.319. The molecule has 0 saturated heterocycles. The Balaban J connectivity index is 2.22. The molecular formula is C16H19BrN2O. The fraction of sp³-hybridized carbons (Fsp3) is 0.250. The zero-order valence-electron chi connectivity index (χ0n) is 11.7. The van der Waals surface area contributed by atoms with E-state index in [0.29, 0.717) is 12.3 Å². The Morgan fingerprint density at radius 1 is 1.20 bits per heavy atom. The average Bonchev–Trinajstić information content (AvgIpc) is 2.43. The van der Waals surface area contributed by atoms with E-state index in [9.17, 15) is 0 Å². The summed E-state index contributed by atoms with van der Waals surface area (Å²) in [5.74, 6) is 0.726. The number of anilines is 3. The van der Waals surface area contributed by atoms with Crippen LogP contribution in [-0.4, -0.2) is 6.61 Å². The van der Waals surface area contributed by atoms with Crippen LogP contribution in [0.2, 0.25) is 0 Å². The first-order valence-corrected chi connectivity index (χ1v) is 7.45. The van der Waals surface area contributed by atoms with Crippen LogP contribution in [0.3, 0.4) is 0 Å². The van der Waals surface area contributed by atoms with Gasteiger partial charge in [0.05, 0.1) is 12.3 Å². The number of hydrogen-bond acceptors (Lipinski definition) is 3. The third kappa shape index (κ3) is 3.67. The predicted octanol–water partition coefficient (Wildman–Crippen LogP) is 4.87. The molecule has 0 unspecified atom stereocenters. The molecule has 4 heteroatoms. The van der Waals surface area contributed by atoms with E-state index in [2.05, 4.69) is 47.2 Å². The molecule has 0 aliphatic carbocycles. The van der Waals surface area contributed by atoms with E-state index in [-0.39, 0.29) is 0 Å². The molecule has 0 aliphatic heterocycles. The molecule has 0 spiro atoms. The fourth-order valence-electron chi connectivity index (χ4n) is 1.83. The summed E-state index contributed by atoms with van der Waals surface area (Å²) in [5, 5.41) is 3.39. The first-order valence-electron chi connectivity index (χ1n) is 6.65. The maximum atomic E-state index is 5.92. The van der Waals surface area contributed by atoms with Crippen molar-refractivity contribution in [1.29, 1.82) is 0 Å². The van der Waals surface area contributed by atoms with E-state index in [1.54, 1.807) is 0 Å². The number of nitrogens with one attached hydrogen (secondary N) is 1. The quantitative estimate of drug-likeness (QED) is 0.766. The summed E-state index contributed by atoms with van der Waals surface area (Å²) < 4.78 is 6.69. The third-order valence-electron chi connectivity index (χ3n) is 2.95. The van der Waals surface area contributed by atoms with Crippen molar-refractivity contribution in [1.82, 2.24) is 0 Å². The van der Waals surface area contributed by atoms with Crippen molar-refractivity contribution in [2.45, 2.75) is 20.3 Å². The second-order valence-electron chi connectivity index (χ2n) is 4.69. The van der Waals surface area contributed by atoms with Crippen molar-refractivity contribution in [2.75, 3.05) is 17.7 Å². The van der Waals surface area contributed by atoms with Crippen LogP contribution in [0.15, 0.2) is 40.9 Å². The van der Waals surface area contributed by atoms with Crippen molar-refractivity contribution >= 4 is 33.0 Å². The second-order valence-corrected chi connectivity index (χ2v) is 5.60. The molecule has 2 aromatic carbocycles. The molecule has 0 aliphatic rings. The van der Waals surface area contributed by atoms with Gasteiger partial charge >= 0.3 is 0 Å². The number of nitrogens with two attached hydrogens (primary N) is 1. The molecule has 3 N–H and O–H groups in total. The number of benzene rings is 2. The zero-order valence-corrected chi connectivity index (χ0v) is 13.3. The van der Waals surface area contributed by atoms with Crippen molar-refractivity contribution < 1.29 is 4.74 Å². The van der Waals surface area contributed by atoms with E-state index in [1.807, 2.05) is 24.3 Å². The summed E-state index contributed by atoms with van der Waals surface area (Å²) in [6, 6.07) is 11.9. The lowest BCUT2D eigenvalue weighted by atomic mass is 10.2. The van der Waals surface area contributed by atoms with Gasteiger partial charge < -0.3 is 15.8 Å². The molecular weight excluding hydrogens is 316 g/mol. The summed E-state index contributed by atoms with van der Waals surface area (Å²) >= 11 is 3.49. The van der Waals surface area contributed by atoms with Gasteiger partial charge in [-0.1, -0.05) is 28.9 Å². The molecule has 0 atom stereocenters. The number of nitrogen functional groups attached to an aromatic ring is 1. The molecule has 0 amide bonds. The summed E-state index contributed by atoms with van der Waals surface area (Å²) in [6.07, 6.45) is 0.960. The van der Waals surface area contributed by atoms with E-state index < -0.39 is 0 Å². The third-order valence-corrected chi connectivity index (χ3v) is 3.45. The number of aryl methyl sites for hydroxylation is 1. The Bertz CT molecular complexity index is 599. The molecule has 0 saturated carbocycles. The molecule has 0 bridgehead atoms. The lowest BCUT2D eigenvalue weighted by Crippen LogP contribution is -2.00. The predicted molar refractivity (Wildman–Crippen MR) is 88.8 cm³/mol. The van der Waals surface area contributed by atoms with E-state index in [1.165, 1.54) is 5.56 Å². The standard InChI is InChI=1S/C16H19BrN2O/c1-3-8-20-16-10-13(6-7-14(16)18)19-15-9-12(17)5-4-11(15)2/h4-7,9-10,19H,3,8,18H2,1-2H3. The molecule has 0 radical (unpaired) electrons. The van der Waals surface area contributed by atoms with Gasteiger partial charge in [-0.05, 0) is 43.2 Å². The average molecular weight is 335 g/mol. The summed E-state index contributed by atoms with van der Waals surface area (Å²) in [5.41, 5.74) is 9.79. The number of hydrogen-bond donors (Lipinski definition) is 2. The topological polar surface area (TPSA) is 47.3 Å². The number of ether oxygens (including phenoxy) is 1. The fourth-order valence-corrected chi connectivity index (χ4v) is 2.19. The minimum Gasteiger partial charge on any atom is -0.491 e. The summed E-state index contributed by atoms with van der Waals surface area (Å²) in [4.78, 5) is 0.